The van der Waals surface area contributed by atoms with Crippen molar-refractivity contribution in [2.75, 3.05) is 6.54 Å². The largest absolute Gasteiger partial charge is 0.337 e. The number of halogens is 1. The van der Waals surface area contributed by atoms with Gasteiger partial charge in [0.05, 0.1) is 14.2 Å². The summed E-state index contributed by atoms with van der Waals surface area (Å²) in [5.41, 5.74) is -0.297. The normalized spacial score (nSPS) is 12.0. The molecule has 0 atom stereocenters. The van der Waals surface area contributed by atoms with Crippen LogP contribution < -0.4 is 5.32 Å². The van der Waals surface area contributed by atoms with Crippen molar-refractivity contribution in [2.45, 2.75) is 26.3 Å². The SMILES string of the molecule is CCNC(C)(C)c1nc(-c2ccc(Br)s2)no1. The Morgan fingerprint density at radius 1 is 1.47 bits per heavy atom. The average Bonchev–Trinajstić information content (AvgIpc) is 2.85. The smallest absolute Gasteiger partial charge is 0.246 e. The highest BCUT2D eigenvalue weighted by molar-refractivity contribution is 9.11. The predicted octanol–water partition coefficient (Wildman–Crippen LogP) is 3.41. The van der Waals surface area contributed by atoms with Gasteiger partial charge in [0.25, 0.3) is 0 Å². The van der Waals surface area contributed by atoms with Crippen molar-refractivity contribution in [3.8, 4) is 10.7 Å². The zero-order valence-corrected chi connectivity index (χ0v) is 12.4. The van der Waals surface area contributed by atoms with Crippen LogP contribution in [0.15, 0.2) is 20.4 Å². The Labute approximate surface area is 113 Å². The van der Waals surface area contributed by atoms with Crippen molar-refractivity contribution in [3.05, 3.63) is 21.8 Å². The Hall–Kier alpha value is -0.720. The Morgan fingerprint density at radius 2 is 2.24 bits per heavy atom. The third-order valence-corrected chi connectivity index (χ3v) is 3.99. The summed E-state index contributed by atoms with van der Waals surface area (Å²) >= 11 is 5.01. The van der Waals surface area contributed by atoms with Crippen molar-refractivity contribution >= 4 is 27.3 Å². The maximum atomic E-state index is 5.31. The molecule has 4 nitrogen and oxygen atoms in total. The lowest BCUT2D eigenvalue weighted by atomic mass is 10.1. The second-order valence-electron chi connectivity index (χ2n) is 4.18. The van der Waals surface area contributed by atoms with Gasteiger partial charge >= 0.3 is 0 Å². The van der Waals surface area contributed by atoms with Gasteiger partial charge in [0, 0.05) is 0 Å². The zero-order chi connectivity index (χ0) is 12.5. The second-order valence-corrected chi connectivity index (χ2v) is 6.65. The fraction of sp³-hybridized carbons (Fsp3) is 0.455. The first-order valence-electron chi connectivity index (χ1n) is 5.38. The van der Waals surface area contributed by atoms with Crippen molar-refractivity contribution in [1.29, 1.82) is 0 Å². The minimum atomic E-state index is -0.297. The van der Waals surface area contributed by atoms with E-state index in [1.165, 1.54) is 0 Å². The van der Waals surface area contributed by atoms with Gasteiger partial charge in [-0.25, -0.2) is 0 Å². The third kappa shape index (κ3) is 2.75. The number of nitrogens with zero attached hydrogens (tertiary/aromatic N) is 2. The molecule has 0 bridgehead atoms. The molecule has 0 saturated heterocycles. The standard InChI is InChI=1S/C11H14BrN3OS/c1-4-13-11(2,3)10-14-9(15-16-10)7-5-6-8(12)17-7/h5-6,13H,4H2,1-3H3. The summed E-state index contributed by atoms with van der Waals surface area (Å²) in [7, 11) is 0. The fourth-order valence-electron chi connectivity index (χ4n) is 1.53. The average molecular weight is 316 g/mol. The molecule has 0 aliphatic heterocycles. The lowest BCUT2D eigenvalue weighted by Crippen LogP contribution is -2.36. The maximum Gasteiger partial charge on any atom is 0.246 e. The molecule has 92 valence electrons. The van der Waals surface area contributed by atoms with E-state index in [2.05, 4.69) is 38.3 Å². The number of hydrogen-bond donors (Lipinski definition) is 1. The van der Waals surface area contributed by atoms with Crippen LogP contribution in [0.25, 0.3) is 10.7 Å². The maximum absolute atomic E-state index is 5.31. The molecule has 0 aliphatic carbocycles. The van der Waals surface area contributed by atoms with Crippen LogP contribution in [0, 0.1) is 0 Å². The summed E-state index contributed by atoms with van der Waals surface area (Å²) in [6.07, 6.45) is 0. The summed E-state index contributed by atoms with van der Waals surface area (Å²) in [6, 6.07) is 3.95. The first-order chi connectivity index (χ1) is 8.03. The molecule has 17 heavy (non-hydrogen) atoms. The minimum Gasteiger partial charge on any atom is -0.337 e. The summed E-state index contributed by atoms with van der Waals surface area (Å²) in [6.45, 7) is 6.96. The van der Waals surface area contributed by atoms with E-state index in [1.807, 2.05) is 26.0 Å². The highest BCUT2D eigenvalue weighted by Crippen LogP contribution is 2.30. The van der Waals surface area contributed by atoms with Crippen LogP contribution in [0.2, 0.25) is 0 Å². The van der Waals surface area contributed by atoms with E-state index in [9.17, 15) is 0 Å². The van der Waals surface area contributed by atoms with Crippen molar-refractivity contribution in [1.82, 2.24) is 15.5 Å². The number of rotatable bonds is 4. The van der Waals surface area contributed by atoms with Crippen LogP contribution in [0.5, 0.6) is 0 Å². The third-order valence-electron chi connectivity index (χ3n) is 2.37. The van der Waals surface area contributed by atoms with E-state index < -0.39 is 0 Å². The van der Waals surface area contributed by atoms with Crippen LogP contribution in [-0.4, -0.2) is 16.7 Å². The number of nitrogens with one attached hydrogen (secondary N) is 1. The van der Waals surface area contributed by atoms with Gasteiger partial charge in [-0.1, -0.05) is 12.1 Å². The molecular weight excluding hydrogens is 302 g/mol. The molecular formula is C11H14BrN3OS. The van der Waals surface area contributed by atoms with Crippen LogP contribution in [-0.2, 0) is 5.54 Å². The van der Waals surface area contributed by atoms with E-state index in [0.29, 0.717) is 11.7 Å². The quantitative estimate of drug-likeness (QED) is 0.939. The number of thiophene rings is 1. The molecule has 0 aliphatic rings. The van der Waals surface area contributed by atoms with Crippen LogP contribution in [0.3, 0.4) is 0 Å². The first-order valence-corrected chi connectivity index (χ1v) is 6.99. The van der Waals surface area contributed by atoms with Gasteiger partial charge in [0.1, 0.15) is 0 Å². The summed E-state index contributed by atoms with van der Waals surface area (Å²) < 4.78 is 6.37. The van der Waals surface area contributed by atoms with E-state index in [0.717, 1.165) is 15.2 Å². The Kier molecular flexibility index (Phi) is 3.65. The number of aromatic nitrogens is 2. The van der Waals surface area contributed by atoms with E-state index in [1.54, 1.807) is 11.3 Å². The van der Waals surface area contributed by atoms with Crippen molar-refractivity contribution in [3.63, 3.8) is 0 Å². The van der Waals surface area contributed by atoms with Gasteiger partial charge < -0.3 is 9.84 Å². The van der Waals surface area contributed by atoms with Gasteiger partial charge in [-0.2, -0.15) is 4.98 Å². The predicted molar refractivity (Wildman–Crippen MR) is 72.0 cm³/mol. The Bertz CT molecular complexity index is 506. The van der Waals surface area contributed by atoms with Gasteiger partial charge in [-0.15, -0.1) is 11.3 Å². The van der Waals surface area contributed by atoms with Gasteiger partial charge in [0.15, 0.2) is 0 Å². The Balaban J connectivity index is 2.27. The lowest BCUT2D eigenvalue weighted by Gasteiger charge is -2.20. The molecule has 1 N–H and O–H groups in total. The highest BCUT2D eigenvalue weighted by Gasteiger charge is 2.26. The molecule has 0 unspecified atom stereocenters. The van der Waals surface area contributed by atoms with E-state index in [-0.39, 0.29) is 5.54 Å². The van der Waals surface area contributed by atoms with Crippen LogP contribution in [0.4, 0.5) is 0 Å². The fourth-order valence-corrected chi connectivity index (χ4v) is 2.84. The lowest BCUT2D eigenvalue weighted by molar-refractivity contribution is 0.272. The van der Waals surface area contributed by atoms with Gasteiger partial charge in [-0.05, 0) is 48.5 Å². The molecule has 2 aromatic heterocycles. The molecule has 0 radical (unpaired) electrons. The molecule has 2 aromatic rings. The monoisotopic (exact) mass is 315 g/mol. The minimum absolute atomic E-state index is 0.297. The molecule has 0 spiro atoms. The number of hydrogen-bond acceptors (Lipinski definition) is 5. The highest BCUT2D eigenvalue weighted by atomic mass is 79.9. The topological polar surface area (TPSA) is 51.0 Å². The van der Waals surface area contributed by atoms with Crippen molar-refractivity contribution in [2.24, 2.45) is 0 Å². The van der Waals surface area contributed by atoms with Crippen LogP contribution in [0.1, 0.15) is 26.7 Å². The molecule has 2 heterocycles. The second kappa shape index (κ2) is 4.88. The van der Waals surface area contributed by atoms with E-state index >= 15 is 0 Å². The first kappa shape index (κ1) is 12.7. The molecule has 6 heteroatoms. The van der Waals surface area contributed by atoms with Gasteiger partial charge in [-0.3, -0.25) is 0 Å². The van der Waals surface area contributed by atoms with Crippen LogP contribution >= 0.6 is 27.3 Å². The molecule has 2 rings (SSSR count). The van der Waals surface area contributed by atoms with E-state index in [4.69, 9.17) is 4.52 Å². The summed E-state index contributed by atoms with van der Waals surface area (Å²) in [4.78, 5) is 5.43. The summed E-state index contributed by atoms with van der Waals surface area (Å²) in [5, 5.41) is 7.32. The molecule has 0 amide bonds. The Morgan fingerprint density at radius 3 is 2.82 bits per heavy atom. The molecule has 0 saturated carbocycles. The molecule has 0 aromatic carbocycles. The summed E-state index contributed by atoms with van der Waals surface area (Å²) in [5.74, 6) is 1.25. The zero-order valence-electron chi connectivity index (χ0n) is 9.95. The van der Waals surface area contributed by atoms with Gasteiger partial charge in [0.2, 0.25) is 11.7 Å². The van der Waals surface area contributed by atoms with Crippen molar-refractivity contribution < 1.29 is 4.52 Å². The molecule has 0 fully saturated rings.